The summed E-state index contributed by atoms with van der Waals surface area (Å²) in [6, 6.07) is 4.27. The maximum atomic E-state index is 11.2. The predicted molar refractivity (Wildman–Crippen MR) is 65.5 cm³/mol. The zero-order valence-electron chi connectivity index (χ0n) is 9.01. The van der Waals surface area contributed by atoms with Crippen molar-refractivity contribution in [2.24, 2.45) is 0 Å². The summed E-state index contributed by atoms with van der Waals surface area (Å²) in [5, 5.41) is 0. The first kappa shape index (κ1) is 10.7. The van der Waals surface area contributed by atoms with Gasteiger partial charge in [0.15, 0.2) is 5.78 Å². The Labute approximate surface area is 98.4 Å². The fraction of sp³-hybridized carbons (Fsp3) is 0.417. The summed E-state index contributed by atoms with van der Waals surface area (Å²) in [5.74, 6) is 0.341. The molecular weight excluding hydrogens is 254 g/mol. The third-order valence-corrected chi connectivity index (χ3v) is 4.06. The van der Waals surface area contributed by atoms with Crippen molar-refractivity contribution >= 4 is 27.4 Å². The van der Waals surface area contributed by atoms with E-state index in [9.17, 15) is 4.79 Å². The van der Waals surface area contributed by atoms with Crippen molar-refractivity contribution in [2.75, 3.05) is 18.0 Å². The second-order valence-electron chi connectivity index (χ2n) is 4.10. The van der Waals surface area contributed by atoms with Gasteiger partial charge in [0, 0.05) is 23.1 Å². The van der Waals surface area contributed by atoms with Crippen molar-refractivity contribution in [1.82, 2.24) is 0 Å². The highest BCUT2D eigenvalue weighted by Crippen LogP contribution is 2.28. The molecule has 0 atom stereocenters. The summed E-state index contributed by atoms with van der Waals surface area (Å²) < 4.78 is 1.16. The summed E-state index contributed by atoms with van der Waals surface area (Å²) >= 11 is 3.55. The number of rotatable bonds is 1. The van der Waals surface area contributed by atoms with E-state index in [0.29, 0.717) is 18.7 Å². The molecule has 0 aliphatic carbocycles. The van der Waals surface area contributed by atoms with Crippen LogP contribution in [0.15, 0.2) is 16.6 Å². The minimum Gasteiger partial charge on any atom is -0.364 e. The lowest BCUT2D eigenvalue weighted by atomic mass is 10.1. The summed E-state index contributed by atoms with van der Waals surface area (Å²) in [4.78, 5) is 13.4. The minimum absolute atomic E-state index is 0.341. The number of hydrogen-bond donors (Lipinski definition) is 0. The molecule has 0 spiro atoms. The molecule has 3 heteroatoms. The molecule has 0 saturated carbocycles. The average Bonchev–Trinajstić information content (AvgIpc) is 2.60. The van der Waals surface area contributed by atoms with E-state index in [1.165, 1.54) is 16.8 Å². The Balaban J connectivity index is 2.33. The molecule has 0 aromatic heterocycles. The van der Waals surface area contributed by atoms with Gasteiger partial charge in [-0.25, -0.2) is 0 Å². The lowest BCUT2D eigenvalue weighted by molar-refractivity contribution is -0.116. The van der Waals surface area contributed by atoms with Gasteiger partial charge in [0.05, 0.1) is 6.54 Å². The Bertz CT molecular complexity index is 391. The maximum Gasteiger partial charge on any atom is 0.153 e. The van der Waals surface area contributed by atoms with Crippen LogP contribution in [-0.2, 0) is 4.79 Å². The van der Waals surface area contributed by atoms with Gasteiger partial charge in [-0.05, 0) is 37.1 Å². The zero-order chi connectivity index (χ0) is 11.0. The third kappa shape index (κ3) is 2.07. The molecule has 0 unspecified atom stereocenters. The van der Waals surface area contributed by atoms with Gasteiger partial charge < -0.3 is 4.90 Å². The van der Waals surface area contributed by atoms with Crippen LogP contribution >= 0.6 is 15.9 Å². The predicted octanol–water partition coefficient (Wildman–Crippen LogP) is 2.85. The number of carbonyl (C=O) groups is 1. The summed E-state index contributed by atoms with van der Waals surface area (Å²) in [6.07, 6.45) is 0.689. The number of Topliss-reactive ketones (excluding diaryl/α,β-unsaturated/α-hetero) is 1. The average molecular weight is 268 g/mol. The molecule has 2 nitrogen and oxygen atoms in total. The van der Waals surface area contributed by atoms with Gasteiger partial charge in [-0.1, -0.05) is 15.9 Å². The van der Waals surface area contributed by atoms with Gasteiger partial charge in [-0.3, -0.25) is 4.79 Å². The van der Waals surface area contributed by atoms with E-state index in [1.54, 1.807) is 0 Å². The fourth-order valence-electron chi connectivity index (χ4n) is 1.96. The standard InChI is InChI=1S/C12H14BrNO/c1-8-5-10(6-9(2)12(8)13)14-4-3-11(15)7-14/h5-6H,3-4,7H2,1-2H3. The lowest BCUT2D eigenvalue weighted by Crippen LogP contribution is -2.19. The minimum atomic E-state index is 0.341. The van der Waals surface area contributed by atoms with Crippen molar-refractivity contribution in [3.63, 3.8) is 0 Å². The second-order valence-corrected chi connectivity index (χ2v) is 4.90. The van der Waals surface area contributed by atoms with E-state index in [2.05, 4.69) is 46.8 Å². The highest BCUT2D eigenvalue weighted by Gasteiger charge is 2.20. The second kappa shape index (κ2) is 3.97. The van der Waals surface area contributed by atoms with Crippen LogP contribution in [-0.4, -0.2) is 18.9 Å². The van der Waals surface area contributed by atoms with Crippen LogP contribution in [0.25, 0.3) is 0 Å². The Morgan fingerprint density at radius 2 is 1.87 bits per heavy atom. The van der Waals surface area contributed by atoms with Gasteiger partial charge in [0.2, 0.25) is 0 Å². The van der Waals surface area contributed by atoms with Crippen LogP contribution in [0, 0.1) is 13.8 Å². The molecule has 1 aromatic carbocycles. The van der Waals surface area contributed by atoms with Crippen LogP contribution in [0.4, 0.5) is 5.69 Å². The van der Waals surface area contributed by atoms with Crippen LogP contribution in [0.1, 0.15) is 17.5 Å². The van der Waals surface area contributed by atoms with Gasteiger partial charge >= 0.3 is 0 Å². The Kier molecular flexibility index (Phi) is 2.83. The summed E-state index contributed by atoms with van der Waals surface area (Å²) in [6.45, 7) is 5.59. The number of halogens is 1. The smallest absolute Gasteiger partial charge is 0.153 e. The third-order valence-electron chi connectivity index (χ3n) is 2.81. The first-order valence-corrected chi connectivity index (χ1v) is 5.90. The maximum absolute atomic E-state index is 11.2. The number of benzene rings is 1. The normalized spacial score (nSPS) is 16.2. The van der Waals surface area contributed by atoms with E-state index in [4.69, 9.17) is 0 Å². The quantitative estimate of drug-likeness (QED) is 0.780. The number of anilines is 1. The van der Waals surface area contributed by atoms with E-state index in [0.717, 1.165) is 11.0 Å². The molecular formula is C12H14BrNO. The molecule has 2 rings (SSSR count). The molecule has 0 radical (unpaired) electrons. The van der Waals surface area contributed by atoms with Crippen molar-refractivity contribution in [1.29, 1.82) is 0 Å². The van der Waals surface area contributed by atoms with E-state index in [-0.39, 0.29) is 0 Å². The molecule has 0 N–H and O–H groups in total. The van der Waals surface area contributed by atoms with E-state index < -0.39 is 0 Å². The Morgan fingerprint density at radius 3 is 2.33 bits per heavy atom. The summed E-state index contributed by atoms with van der Waals surface area (Å²) in [5.41, 5.74) is 3.62. The van der Waals surface area contributed by atoms with Crippen LogP contribution in [0.5, 0.6) is 0 Å². The molecule has 1 saturated heterocycles. The first-order valence-electron chi connectivity index (χ1n) is 5.11. The molecule has 1 heterocycles. The molecule has 0 bridgehead atoms. The molecule has 1 fully saturated rings. The monoisotopic (exact) mass is 267 g/mol. The highest BCUT2D eigenvalue weighted by atomic mass is 79.9. The number of nitrogens with zero attached hydrogens (tertiary/aromatic N) is 1. The SMILES string of the molecule is Cc1cc(N2CCC(=O)C2)cc(C)c1Br. The largest absolute Gasteiger partial charge is 0.364 e. The van der Waals surface area contributed by atoms with Crippen LogP contribution in [0.2, 0.25) is 0 Å². The van der Waals surface area contributed by atoms with Gasteiger partial charge in [-0.2, -0.15) is 0 Å². The summed E-state index contributed by atoms with van der Waals surface area (Å²) in [7, 11) is 0. The van der Waals surface area contributed by atoms with E-state index in [1.807, 2.05) is 0 Å². The molecule has 1 aromatic rings. The Hall–Kier alpha value is -0.830. The highest BCUT2D eigenvalue weighted by molar-refractivity contribution is 9.10. The number of aryl methyl sites for hydroxylation is 2. The topological polar surface area (TPSA) is 20.3 Å². The molecule has 15 heavy (non-hydrogen) atoms. The number of hydrogen-bond acceptors (Lipinski definition) is 2. The lowest BCUT2D eigenvalue weighted by Gasteiger charge is -2.18. The first-order chi connectivity index (χ1) is 7.08. The van der Waals surface area contributed by atoms with Crippen molar-refractivity contribution < 1.29 is 4.79 Å². The van der Waals surface area contributed by atoms with Gasteiger partial charge in [-0.15, -0.1) is 0 Å². The Morgan fingerprint density at radius 1 is 1.27 bits per heavy atom. The molecule has 80 valence electrons. The van der Waals surface area contributed by atoms with E-state index >= 15 is 0 Å². The molecule has 1 aliphatic heterocycles. The number of ketones is 1. The van der Waals surface area contributed by atoms with Gasteiger partial charge in [0.1, 0.15) is 0 Å². The number of carbonyl (C=O) groups excluding carboxylic acids is 1. The fourth-order valence-corrected chi connectivity index (χ4v) is 2.19. The van der Waals surface area contributed by atoms with Crippen LogP contribution < -0.4 is 4.90 Å². The zero-order valence-corrected chi connectivity index (χ0v) is 10.6. The molecule has 1 aliphatic rings. The van der Waals surface area contributed by atoms with Gasteiger partial charge in [0.25, 0.3) is 0 Å². The van der Waals surface area contributed by atoms with Crippen LogP contribution in [0.3, 0.4) is 0 Å². The van der Waals surface area contributed by atoms with Crippen molar-refractivity contribution in [3.8, 4) is 0 Å². The van der Waals surface area contributed by atoms with Crippen molar-refractivity contribution in [2.45, 2.75) is 20.3 Å². The molecule has 0 amide bonds. The van der Waals surface area contributed by atoms with Crippen molar-refractivity contribution in [3.05, 3.63) is 27.7 Å².